The number of fused-ring (bicyclic) bond motifs is 1. The summed E-state index contributed by atoms with van der Waals surface area (Å²) in [5.74, 6) is 0.113. The maximum atomic E-state index is 12.8. The molecule has 0 saturated heterocycles. The Balaban J connectivity index is 1.44. The van der Waals surface area contributed by atoms with Gasteiger partial charge in [0.05, 0.1) is 16.9 Å². The average Bonchev–Trinajstić information content (AvgIpc) is 3.34. The first kappa shape index (κ1) is 21.6. The Morgan fingerprint density at radius 1 is 1.03 bits per heavy atom. The summed E-state index contributed by atoms with van der Waals surface area (Å²) in [6.45, 7) is -2.88. The molecule has 2 aromatic carbocycles. The van der Waals surface area contributed by atoms with Gasteiger partial charge in [0.15, 0.2) is 0 Å². The first-order valence-corrected chi connectivity index (χ1v) is 11.5. The summed E-state index contributed by atoms with van der Waals surface area (Å²) in [5, 5.41) is 3.59. The summed E-state index contributed by atoms with van der Waals surface area (Å²) < 4.78 is 37.7. The number of rotatable bonds is 6. The maximum Gasteiger partial charge on any atom is 0.411 e. The predicted molar refractivity (Wildman–Crippen MR) is 124 cm³/mol. The number of hydrogen-bond acceptors (Lipinski definition) is 4. The normalized spacial score (nSPS) is 16.8. The van der Waals surface area contributed by atoms with Crippen LogP contribution >= 0.6 is 0 Å². The minimum Gasteiger partial charge on any atom is -0.446 e. The summed E-state index contributed by atoms with van der Waals surface area (Å²) in [7, 11) is 0. The fourth-order valence-corrected chi connectivity index (χ4v) is 4.83. The largest absolute Gasteiger partial charge is 0.446 e. The van der Waals surface area contributed by atoms with Crippen molar-refractivity contribution in [2.24, 2.45) is 0 Å². The van der Waals surface area contributed by atoms with Crippen LogP contribution in [0.25, 0.3) is 22.2 Å². The molecule has 0 atom stereocenters. The van der Waals surface area contributed by atoms with Crippen molar-refractivity contribution in [1.29, 1.82) is 0 Å². The molecule has 1 aromatic heterocycles. The standard InChI is InChI=1S/C25H27F2N3O3/c26-24(27)32-19-12-13-20-21(14-19)30(17-4-3-5-17)23(22(20)28)15-8-10-16(11-9-15)29-25(31)33-18-6-1-2-7-18/h8-14,17-18,24H,1-7,28H2,(H,29,31). The van der Waals surface area contributed by atoms with Crippen LogP contribution in [0.4, 0.5) is 25.0 Å². The molecule has 1 heterocycles. The van der Waals surface area contributed by atoms with Crippen molar-refractivity contribution >= 4 is 28.4 Å². The number of benzene rings is 2. The lowest BCUT2D eigenvalue weighted by Gasteiger charge is -2.30. The first-order chi connectivity index (χ1) is 16.0. The molecule has 0 radical (unpaired) electrons. The van der Waals surface area contributed by atoms with E-state index < -0.39 is 12.7 Å². The van der Waals surface area contributed by atoms with Crippen molar-refractivity contribution in [1.82, 2.24) is 4.57 Å². The number of nitrogens with zero attached hydrogens (tertiary/aromatic N) is 1. The summed E-state index contributed by atoms with van der Waals surface area (Å²) in [6.07, 6.45) is 6.71. The van der Waals surface area contributed by atoms with Gasteiger partial charge in [-0.15, -0.1) is 0 Å². The smallest absolute Gasteiger partial charge is 0.411 e. The predicted octanol–water partition coefficient (Wildman–Crippen LogP) is 6.71. The van der Waals surface area contributed by atoms with Crippen LogP contribution in [0.2, 0.25) is 0 Å². The molecule has 2 aliphatic rings. The Kier molecular flexibility index (Phi) is 5.83. The highest BCUT2D eigenvalue weighted by atomic mass is 19.3. The fourth-order valence-electron chi connectivity index (χ4n) is 4.83. The van der Waals surface area contributed by atoms with E-state index >= 15 is 0 Å². The van der Waals surface area contributed by atoms with Gasteiger partial charge in [-0.1, -0.05) is 12.1 Å². The molecule has 0 spiro atoms. The van der Waals surface area contributed by atoms with E-state index in [0.29, 0.717) is 11.4 Å². The Morgan fingerprint density at radius 3 is 2.39 bits per heavy atom. The third-order valence-electron chi connectivity index (χ3n) is 6.66. The van der Waals surface area contributed by atoms with Gasteiger partial charge in [0.1, 0.15) is 11.9 Å². The van der Waals surface area contributed by atoms with Crippen molar-refractivity contribution < 1.29 is 23.0 Å². The monoisotopic (exact) mass is 455 g/mol. The number of nitrogens with two attached hydrogens (primary N) is 1. The lowest BCUT2D eigenvalue weighted by Crippen LogP contribution is -2.20. The molecule has 5 rings (SSSR count). The maximum absolute atomic E-state index is 12.8. The Labute approximate surface area is 190 Å². The van der Waals surface area contributed by atoms with Gasteiger partial charge >= 0.3 is 12.7 Å². The van der Waals surface area contributed by atoms with Gasteiger partial charge < -0.3 is 19.8 Å². The average molecular weight is 456 g/mol. The number of halogens is 2. The van der Waals surface area contributed by atoms with Crippen molar-refractivity contribution in [3.05, 3.63) is 42.5 Å². The number of amides is 1. The van der Waals surface area contributed by atoms with Crippen molar-refractivity contribution in [3.63, 3.8) is 0 Å². The third kappa shape index (κ3) is 4.34. The summed E-state index contributed by atoms with van der Waals surface area (Å²) in [5.41, 5.74) is 10.3. The number of hydrogen-bond donors (Lipinski definition) is 2. The van der Waals surface area contributed by atoms with Crippen LogP contribution in [0.15, 0.2) is 42.5 Å². The lowest BCUT2D eigenvalue weighted by molar-refractivity contribution is -0.0497. The number of ether oxygens (including phenoxy) is 2. The fraction of sp³-hybridized carbons (Fsp3) is 0.400. The van der Waals surface area contributed by atoms with Gasteiger partial charge in [-0.25, -0.2) is 4.79 Å². The van der Waals surface area contributed by atoms with E-state index in [1.165, 1.54) is 6.07 Å². The van der Waals surface area contributed by atoms with Gasteiger partial charge in [-0.2, -0.15) is 8.78 Å². The number of carbonyl (C=O) groups excluding carboxylic acids is 1. The molecule has 174 valence electrons. The van der Waals surface area contributed by atoms with Crippen LogP contribution < -0.4 is 15.8 Å². The van der Waals surface area contributed by atoms with Crippen molar-refractivity contribution in [2.45, 2.75) is 63.7 Å². The molecule has 0 unspecified atom stereocenters. The Hall–Kier alpha value is -3.29. The minimum atomic E-state index is -2.88. The molecule has 0 bridgehead atoms. The van der Waals surface area contributed by atoms with Gasteiger partial charge in [0.2, 0.25) is 0 Å². The van der Waals surface area contributed by atoms with Gasteiger partial charge in [0, 0.05) is 28.7 Å². The van der Waals surface area contributed by atoms with Crippen LogP contribution in [-0.4, -0.2) is 23.4 Å². The second-order valence-electron chi connectivity index (χ2n) is 8.79. The molecule has 6 nitrogen and oxygen atoms in total. The number of aromatic nitrogens is 1. The Morgan fingerprint density at radius 2 is 1.76 bits per heavy atom. The number of anilines is 2. The second-order valence-corrected chi connectivity index (χ2v) is 8.79. The molecule has 8 heteroatoms. The van der Waals surface area contributed by atoms with E-state index in [4.69, 9.17) is 10.5 Å². The summed E-state index contributed by atoms with van der Waals surface area (Å²) in [4.78, 5) is 12.2. The second kappa shape index (κ2) is 8.92. The molecular formula is C25H27F2N3O3. The summed E-state index contributed by atoms with van der Waals surface area (Å²) >= 11 is 0. The van der Waals surface area contributed by atoms with Crippen LogP contribution in [0.1, 0.15) is 51.0 Å². The third-order valence-corrected chi connectivity index (χ3v) is 6.66. The van der Waals surface area contributed by atoms with Crippen LogP contribution in [-0.2, 0) is 4.74 Å². The lowest BCUT2D eigenvalue weighted by atomic mass is 9.92. The van der Waals surface area contributed by atoms with Crippen LogP contribution in [0.5, 0.6) is 5.75 Å². The van der Waals surface area contributed by atoms with E-state index in [9.17, 15) is 13.6 Å². The number of alkyl halides is 2. The Bertz CT molecular complexity index is 1150. The molecule has 2 aliphatic carbocycles. The quantitative estimate of drug-likeness (QED) is 0.433. The molecule has 33 heavy (non-hydrogen) atoms. The number of nitrogens with one attached hydrogen (secondary N) is 1. The number of nitrogen functional groups attached to an aromatic ring is 1. The minimum absolute atomic E-state index is 0.00111. The topological polar surface area (TPSA) is 78.5 Å². The summed E-state index contributed by atoms with van der Waals surface area (Å²) in [6, 6.07) is 12.6. The van der Waals surface area contributed by atoms with E-state index in [2.05, 4.69) is 14.6 Å². The number of carbonyl (C=O) groups is 1. The van der Waals surface area contributed by atoms with Crippen LogP contribution in [0.3, 0.4) is 0 Å². The highest BCUT2D eigenvalue weighted by Gasteiger charge is 2.27. The molecular weight excluding hydrogens is 428 g/mol. The molecule has 0 aliphatic heterocycles. The van der Waals surface area contributed by atoms with Gasteiger partial charge in [-0.3, -0.25) is 5.32 Å². The molecule has 2 fully saturated rings. The van der Waals surface area contributed by atoms with Gasteiger partial charge in [0.25, 0.3) is 0 Å². The highest BCUT2D eigenvalue weighted by Crippen LogP contribution is 2.45. The van der Waals surface area contributed by atoms with E-state index in [1.54, 1.807) is 12.1 Å². The molecule has 3 aromatic rings. The SMILES string of the molecule is Nc1c(-c2ccc(NC(=O)OC3CCCC3)cc2)n(C2CCC2)c2cc(OC(F)F)ccc12. The van der Waals surface area contributed by atoms with E-state index in [-0.39, 0.29) is 17.9 Å². The molecule has 2 saturated carbocycles. The zero-order valence-electron chi connectivity index (χ0n) is 18.2. The molecule has 1 amide bonds. The highest BCUT2D eigenvalue weighted by molar-refractivity contribution is 6.01. The van der Waals surface area contributed by atoms with Gasteiger partial charge in [-0.05, 0) is 69.2 Å². The first-order valence-electron chi connectivity index (χ1n) is 11.5. The van der Waals surface area contributed by atoms with E-state index in [0.717, 1.165) is 67.1 Å². The molecule has 3 N–H and O–H groups in total. The van der Waals surface area contributed by atoms with E-state index in [1.807, 2.05) is 24.3 Å². The van der Waals surface area contributed by atoms with Crippen LogP contribution in [0, 0.1) is 0 Å². The zero-order chi connectivity index (χ0) is 22.9. The van der Waals surface area contributed by atoms with Crippen molar-refractivity contribution in [2.75, 3.05) is 11.1 Å². The van der Waals surface area contributed by atoms with Crippen molar-refractivity contribution in [3.8, 4) is 17.0 Å². The zero-order valence-corrected chi connectivity index (χ0v) is 18.2.